The first-order valence-electron chi connectivity index (χ1n) is 11.1. The van der Waals surface area contributed by atoms with Crippen molar-refractivity contribution in [1.29, 1.82) is 0 Å². The highest BCUT2D eigenvalue weighted by Crippen LogP contribution is 2.35. The molecular weight excluding hydrogens is 458 g/mol. The van der Waals surface area contributed by atoms with Crippen LogP contribution in [0.25, 0.3) is 0 Å². The molecule has 2 aromatic carbocycles. The zero-order valence-corrected chi connectivity index (χ0v) is 20.4. The Bertz CT molecular complexity index is 1190. The lowest BCUT2D eigenvalue weighted by molar-refractivity contribution is -0.131. The van der Waals surface area contributed by atoms with Gasteiger partial charge in [0.05, 0.1) is 11.4 Å². The summed E-state index contributed by atoms with van der Waals surface area (Å²) in [6, 6.07) is 11.6. The number of carbonyl (C=O) groups is 2. The number of fused-ring (bicyclic) bond motifs is 1. The van der Waals surface area contributed by atoms with E-state index in [4.69, 9.17) is 9.47 Å². The Balaban J connectivity index is 1.32. The Hall–Kier alpha value is -2.95. The number of ether oxygens (including phenoxy) is 2. The van der Waals surface area contributed by atoms with Gasteiger partial charge in [0.1, 0.15) is 0 Å². The fourth-order valence-electron chi connectivity index (χ4n) is 3.98. The standard InChI is InChI=1S/C24H29N3O6S/c1-17(28)18-4-7-20(8-5-18)34(30,31)27-12-10-26(11-13-27)23(29)15-25-24(2,3)19-6-9-21-22(14-19)33-16-32-21/h4-9,14,25H,10-13,15-16H2,1-3H3. The molecule has 2 aliphatic rings. The van der Waals surface area contributed by atoms with E-state index in [9.17, 15) is 18.0 Å². The molecule has 0 aliphatic carbocycles. The van der Waals surface area contributed by atoms with Crippen LogP contribution < -0.4 is 14.8 Å². The van der Waals surface area contributed by atoms with Crippen molar-refractivity contribution in [3.63, 3.8) is 0 Å². The summed E-state index contributed by atoms with van der Waals surface area (Å²) < 4.78 is 38.1. The quantitative estimate of drug-likeness (QED) is 0.596. The summed E-state index contributed by atoms with van der Waals surface area (Å²) in [7, 11) is -3.68. The molecule has 9 nitrogen and oxygen atoms in total. The van der Waals surface area contributed by atoms with Gasteiger partial charge in [-0.1, -0.05) is 18.2 Å². The molecule has 0 atom stereocenters. The Labute approximate surface area is 199 Å². The first-order chi connectivity index (χ1) is 16.1. The topological polar surface area (TPSA) is 105 Å². The number of Topliss-reactive ketones (excluding diaryl/α,β-unsaturated/α-hetero) is 1. The highest BCUT2D eigenvalue weighted by atomic mass is 32.2. The number of hydrogen-bond donors (Lipinski definition) is 1. The average molecular weight is 488 g/mol. The van der Waals surface area contributed by atoms with Gasteiger partial charge in [-0.25, -0.2) is 8.42 Å². The summed E-state index contributed by atoms with van der Waals surface area (Å²) >= 11 is 0. The summed E-state index contributed by atoms with van der Waals surface area (Å²) in [5, 5.41) is 3.30. The number of amides is 1. The zero-order valence-electron chi connectivity index (χ0n) is 19.5. The lowest BCUT2D eigenvalue weighted by Gasteiger charge is -2.35. The van der Waals surface area contributed by atoms with E-state index in [-0.39, 0.29) is 43.0 Å². The van der Waals surface area contributed by atoms with Crippen LogP contribution in [-0.4, -0.2) is 68.8 Å². The highest BCUT2D eigenvalue weighted by Gasteiger charge is 2.31. The molecule has 2 aliphatic heterocycles. The molecule has 10 heteroatoms. The number of nitrogens with zero attached hydrogens (tertiary/aromatic N) is 2. The van der Waals surface area contributed by atoms with Crippen LogP contribution in [0.2, 0.25) is 0 Å². The molecule has 1 N–H and O–H groups in total. The smallest absolute Gasteiger partial charge is 0.243 e. The predicted octanol–water partition coefficient (Wildman–Crippen LogP) is 1.98. The van der Waals surface area contributed by atoms with Gasteiger partial charge in [0.2, 0.25) is 22.7 Å². The minimum atomic E-state index is -3.68. The van der Waals surface area contributed by atoms with Crippen LogP contribution in [0.15, 0.2) is 47.4 Å². The van der Waals surface area contributed by atoms with Gasteiger partial charge in [-0.15, -0.1) is 0 Å². The van der Waals surface area contributed by atoms with E-state index in [1.54, 1.807) is 4.90 Å². The molecule has 182 valence electrons. The molecule has 0 unspecified atom stereocenters. The SMILES string of the molecule is CC(=O)c1ccc(S(=O)(=O)N2CCN(C(=O)CNC(C)(C)c3ccc4c(c3)OCO4)CC2)cc1. The van der Waals surface area contributed by atoms with Crippen LogP contribution in [0.3, 0.4) is 0 Å². The van der Waals surface area contributed by atoms with Gasteiger partial charge in [0.15, 0.2) is 17.3 Å². The largest absolute Gasteiger partial charge is 0.454 e. The van der Waals surface area contributed by atoms with E-state index >= 15 is 0 Å². The number of piperazine rings is 1. The van der Waals surface area contributed by atoms with E-state index < -0.39 is 15.6 Å². The van der Waals surface area contributed by atoms with E-state index in [2.05, 4.69) is 5.32 Å². The fraction of sp³-hybridized carbons (Fsp3) is 0.417. The lowest BCUT2D eigenvalue weighted by atomic mass is 9.94. The average Bonchev–Trinajstić information content (AvgIpc) is 3.31. The summed E-state index contributed by atoms with van der Waals surface area (Å²) in [6.45, 7) is 6.80. The number of sulfonamides is 1. The minimum absolute atomic E-state index is 0.0864. The maximum absolute atomic E-state index is 12.9. The lowest BCUT2D eigenvalue weighted by Crippen LogP contribution is -2.53. The van der Waals surface area contributed by atoms with Gasteiger partial charge in [0.25, 0.3) is 0 Å². The van der Waals surface area contributed by atoms with Gasteiger partial charge < -0.3 is 14.4 Å². The van der Waals surface area contributed by atoms with Crippen molar-refractivity contribution in [1.82, 2.24) is 14.5 Å². The summed E-state index contributed by atoms with van der Waals surface area (Å²) in [5.74, 6) is 1.19. The maximum Gasteiger partial charge on any atom is 0.243 e. The molecule has 0 saturated carbocycles. The van der Waals surface area contributed by atoms with Crippen LogP contribution in [0, 0.1) is 0 Å². The zero-order chi connectivity index (χ0) is 24.5. The molecule has 1 amide bonds. The molecule has 0 spiro atoms. The molecule has 0 aromatic heterocycles. The fourth-order valence-corrected chi connectivity index (χ4v) is 5.41. The monoisotopic (exact) mass is 487 g/mol. The number of rotatable bonds is 7. The first-order valence-corrected chi connectivity index (χ1v) is 12.6. The van der Waals surface area contributed by atoms with E-state index in [0.717, 1.165) is 5.56 Å². The van der Waals surface area contributed by atoms with E-state index in [1.807, 2.05) is 32.0 Å². The van der Waals surface area contributed by atoms with E-state index in [0.29, 0.717) is 30.2 Å². The normalized spacial score (nSPS) is 16.5. The third-order valence-electron chi connectivity index (χ3n) is 6.27. The van der Waals surface area contributed by atoms with Gasteiger partial charge in [-0.05, 0) is 50.6 Å². The molecule has 0 bridgehead atoms. The Morgan fingerprint density at radius 3 is 2.26 bits per heavy atom. The second kappa shape index (κ2) is 9.36. The summed E-state index contributed by atoms with van der Waals surface area (Å²) in [5.41, 5.74) is 0.954. The first kappa shape index (κ1) is 24.2. The number of carbonyl (C=O) groups excluding carboxylic acids is 2. The molecule has 1 fully saturated rings. The minimum Gasteiger partial charge on any atom is -0.454 e. The van der Waals surface area contributed by atoms with Crippen LogP contribution >= 0.6 is 0 Å². The number of ketones is 1. The summed E-state index contributed by atoms with van der Waals surface area (Å²) in [6.07, 6.45) is 0. The van der Waals surface area contributed by atoms with Crippen molar-refractivity contribution >= 4 is 21.7 Å². The molecule has 34 heavy (non-hydrogen) atoms. The van der Waals surface area contributed by atoms with Crippen molar-refractivity contribution in [2.75, 3.05) is 39.5 Å². The van der Waals surface area contributed by atoms with Crippen LogP contribution in [0.5, 0.6) is 11.5 Å². The summed E-state index contributed by atoms with van der Waals surface area (Å²) in [4.78, 5) is 26.1. The predicted molar refractivity (Wildman–Crippen MR) is 125 cm³/mol. The second-order valence-electron chi connectivity index (χ2n) is 8.91. The van der Waals surface area contributed by atoms with Crippen LogP contribution in [0.1, 0.15) is 36.7 Å². The van der Waals surface area contributed by atoms with Crippen LogP contribution in [-0.2, 0) is 20.4 Å². The van der Waals surface area contributed by atoms with Crippen molar-refractivity contribution in [3.8, 4) is 11.5 Å². The Morgan fingerprint density at radius 2 is 1.62 bits per heavy atom. The molecule has 4 rings (SSSR count). The second-order valence-corrected chi connectivity index (χ2v) is 10.8. The molecular formula is C24H29N3O6S. The third kappa shape index (κ3) is 4.94. The van der Waals surface area contributed by atoms with Crippen molar-refractivity contribution in [3.05, 3.63) is 53.6 Å². The number of hydrogen-bond acceptors (Lipinski definition) is 7. The van der Waals surface area contributed by atoms with Crippen molar-refractivity contribution in [2.45, 2.75) is 31.2 Å². The van der Waals surface area contributed by atoms with Gasteiger partial charge in [-0.3, -0.25) is 14.9 Å². The number of nitrogens with one attached hydrogen (secondary N) is 1. The molecule has 0 radical (unpaired) electrons. The van der Waals surface area contributed by atoms with Crippen molar-refractivity contribution < 1.29 is 27.5 Å². The molecule has 2 aromatic rings. The van der Waals surface area contributed by atoms with Crippen molar-refractivity contribution in [2.24, 2.45) is 0 Å². The molecule has 1 saturated heterocycles. The molecule has 2 heterocycles. The van der Waals surface area contributed by atoms with Gasteiger partial charge >= 0.3 is 0 Å². The highest BCUT2D eigenvalue weighted by molar-refractivity contribution is 7.89. The van der Waals surface area contributed by atoms with Gasteiger partial charge in [-0.2, -0.15) is 4.31 Å². The third-order valence-corrected chi connectivity index (χ3v) is 8.18. The van der Waals surface area contributed by atoms with Crippen LogP contribution in [0.4, 0.5) is 0 Å². The Kier molecular flexibility index (Phi) is 6.66. The number of benzene rings is 2. The Morgan fingerprint density at radius 1 is 0.971 bits per heavy atom. The van der Waals surface area contributed by atoms with Gasteiger partial charge in [0, 0.05) is 37.3 Å². The van der Waals surface area contributed by atoms with E-state index in [1.165, 1.54) is 35.5 Å². The maximum atomic E-state index is 12.9.